The van der Waals surface area contributed by atoms with E-state index in [9.17, 15) is 0 Å². The van der Waals surface area contributed by atoms with Crippen LogP contribution < -0.4 is 0 Å². The Kier molecular flexibility index (Phi) is 6.55. The zero-order valence-electron chi connectivity index (χ0n) is 10.9. The van der Waals surface area contributed by atoms with Crippen LogP contribution in [0.25, 0.3) is 5.57 Å². The Morgan fingerprint density at radius 1 is 0.947 bits per heavy atom. The molecule has 0 fully saturated rings. The van der Waals surface area contributed by atoms with Gasteiger partial charge in [-0.3, -0.25) is 0 Å². The minimum absolute atomic E-state index is 0. The SMILES string of the molecule is C.C.CC(C)C1(C)C=CC=C(c2ccccc2)C=C1. The molecule has 0 N–H and O–H groups in total. The van der Waals surface area contributed by atoms with Crippen molar-refractivity contribution < 1.29 is 0 Å². The van der Waals surface area contributed by atoms with E-state index in [0.717, 1.165) is 0 Å². The van der Waals surface area contributed by atoms with Gasteiger partial charge in [-0.1, -0.05) is 96.3 Å². The molecule has 0 spiro atoms. The summed E-state index contributed by atoms with van der Waals surface area (Å²) in [7, 11) is 0. The van der Waals surface area contributed by atoms with Crippen molar-refractivity contribution in [2.24, 2.45) is 11.3 Å². The first kappa shape index (κ1) is 17.4. The molecule has 1 aliphatic rings. The van der Waals surface area contributed by atoms with Crippen molar-refractivity contribution in [1.29, 1.82) is 0 Å². The van der Waals surface area contributed by atoms with E-state index in [-0.39, 0.29) is 20.3 Å². The molecule has 0 nitrogen and oxygen atoms in total. The summed E-state index contributed by atoms with van der Waals surface area (Å²) in [6, 6.07) is 10.5. The predicted molar refractivity (Wildman–Crippen MR) is 89.1 cm³/mol. The number of hydrogen-bond donors (Lipinski definition) is 0. The highest BCUT2D eigenvalue weighted by molar-refractivity contribution is 5.75. The minimum atomic E-state index is 0. The summed E-state index contributed by atoms with van der Waals surface area (Å²) in [4.78, 5) is 0. The maximum Gasteiger partial charge on any atom is 0.00620 e. The van der Waals surface area contributed by atoms with Crippen molar-refractivity contribution in [2.75, 3.05) is 0 Å². The summed E-state index contributed by atoms with van der Waals surface area (Å²) in [6.45, 7) is 6.82. The third kappa shape index (κ3) is 3.96. The molecule has 0 radical (unpaired) electrons. The number of rotatable bonds is 2. The predicted octanol–water partition coefficient (Wildman–Crippen LogP) is 6.13. The summed E-state index contributed by atoms with van der Waals surface area (Å²) in [6.07, 6.45) is 11.2. The summed E-state index contributed by atoms with van der Waals surface area (Å²) >= 11 is 0. The maximum atomic E-state index is 2.32. The van der Waals surface area contributed by atoms with Gasteiger partial charge in [-0.2, -0.15) is 0 Å². The normalized spacial score (nSPS) is 21.2. The van der Waals surface area contributed by atoms with Crippen LogP contribution in [-0.4, -0.2) is 0 Å². The molecule has 0 saturated heterocycles. The van der Waals surface area contributed by atoms with Crippen molar-refractivity contribution in [3.63, 3.8) is 0 Å². The Bertz CT molecular complexity index is 460. The lowest BCUT2D eigenvalue weighted by atomic mass is 9.79. The fraction of sp³-hybridized carbons (Fsp3) is 0.368. The van der Waals surface area contributed by atoms with E-state index < -0.39 is 0 Å². The third-order valence-corrected chi connectivity index (χ3v) is 3.70. The van der Waals surface area contributed by atoms with E-state index in [4.69, 9.17) is 0 Å². The Morgan fingerprint density at radius 3 is 2.16 bits per heavy atom. The van der Waals surface area contributed by atoms with Gasteiger partial charge in [-0.15, -0.1) is 0 Å². The van der Waals surface area contributed by atoms with Crippen molar-refractivity contribution in [3.05, 3.63) is 66.3 Å². The van der Waals surface area contributed by atoms with Crippen LogP contribution in [0.15, 0.2) is 60.7 Å². The molecule has 104 valence electrons. The molecule has 1 atom stereocenters. The molecule has 0 heteroatoms. The largest absolute Gasteiger partial charge is 0.0776 e. The van der Waals surface area contributed by atoms with E-state index in [1.807, 2.05) is 0 Å². The van der Waals surface area contributed by atoms with Crippen LogP contribution in [0.4, 0.5) is 0 Å². The molecular weight excluding hydrogens is 228 g/mol. The van der Waals surface area contributed by atoms with Gasteiger partial charge in [0.2, 0.25) is 0 Å². The topological polar surface area (TPSA) is 0 Å². The Labute approximate surface area is 119 Å². The van der Waals surface area contributed by atoms with Crippen molar-refractivity contribution in [2.45, 2.75) is 35.6 Å². The molecule has 0 aromatic heterocycles. The number of hydrogen-bond acceptors (Lipinski definition) is 0. The summed E-state index contributed by atoms with van der Waals surface area (Å²) in [5.41, 5.74) is 2.72. The van der Waals surface area contributed by atoms with E-state index >= 15 is 0 Å². The van der Waals surface area contributed by atoms with Crippen LogP contribution in [0.1, 0.15) is 41.2 Å². The molecular formula is C19H28. The lowest BCUT2D eigenvalue weighted by Gasteiger charge is -2.26. The molecule has 0 aliphatic heterocycles. The molecule has 2 rings (SSSR count). The molecule has 0 amide bonds. The maximum absolute atomic E-state index is 2.32. The van der Waals surface area contributed by atoms with Gasteiger partial charge in [0, 0.05) is 5.41 Å². The molecule has 0 bridgehead atoms. The van der Waals surface area contributed by atoms with Gasteiger partial charge in [0.15, 0.2) is 0 Å². The molecule has 0 heterocycles. The lowest BCUT2D eigenvalue weighted by molar-refractivity contribution is 0.383. The summed E-state index contributed by atoms with van der Waals surface area (Å²) in [5, 5.41) is 0. The highest BCUT2D eigenvalue weighted by Gasteiger charge is 2.22. The lowest BCUT2D eigenvalue weighted by Crippen LogP contribution is -2.17. The standard InChI is InChI=1S/C17H20.2CH4/c1-14(2)17(3)12-7-10-16(11-13-17)15-8-5-4-6-9-15;;/h4-14H,1-3H3;2*1H4. The Hall–Kier alpha value is -1.56. The van der Waals surface area contributed by atoms with Crippen LogP contribution in [0.3, 0.4) is 0 Å². The Morgan fingerprint density at radius 2 is 1.58 bits per heavy atom. The van der Waals surface area contributed by atoms with E-state index in [2.05, 4.69) is 81.5 Å². The number of allylic oxidation sites excluding steroid dienone is 6. The molecule has 19 heavy (non-hydrogen) atoms. The summed E-state index contributed by atoms with van der Waals surface area (Å²) in [5.74, 6) is 0.610. The van der Waals surface area contributed by atoms with Gasteiger partial charge in [0.05, 0.1) is 0 Å². The fourth-order valence-electron chi connectivity index (χ4n) is 1.95. The second-order valence-corrected chi connectivity index (χ2v) is 5.20. The van der Waals surface area contributed by atoms with Crippen molar-refractivity contribution in [1.82, 2.24) is 0 Å². The second-order valence-electron chi connectivity index (χ2n) is 5.20. The van der Waals surface area contributed by atoms with Crippen LogP contribution >= 0.6 is 0 Å². The van der Waals surface area contributed by atoms with Gasteiger partial charge in [0.1, 0.15) is 0 Å². The summed E-state index contributed by atoms with van der Waals surface area (Å²) < 4.78 is 0. The fourth-order valence-corrected chi connectivity index (χ4v) is 1.95. The van der Waals surface area contributed by atoms with Gasteiger partial charge in [0.25, 0.3) is 0 Å². The third-order valence-electron chi connectivity index (χ3n) is 3.70. The van der Waals surface area contributed by atoms with Crippen LogP contribution in [-0.2, 0) is 0 Å². The smallest absolute Gasteiger partial charge is 0.00620 e. The molecule has 1 aromatic rings. The van der Waals surface area contributed by atoms with Crippen LogP contribution in [0, 0.1) is 11.3 Å². The second kappa shape index (κ2) is 7.13. The van der Waals surface area contributed by atoms with E-state index in [1.54, 1.807) is 0 Å². The quantitative estimate of drug-likeness (QED) is 0.597. The van der Waals surface area contributed by atoms with Gasteiger partial charge >= 0.3 is 0 Å². The van der Waals surface area contributed by atoms with E-state index in [1.165, 1.54) is 11.1 Å². The van der Waals surface area contributed by atoms with Crippen molar-refractivity contribution in [3.8, 4) is 0 Å². The zero-order chi connectivity index (χ0) is 12.3. The molecule has 1 aromatic carbocycles. The number of benzene rings is 1. The first-order chi connectivity index (χ1) is 8.12. The Balaban J connectivity index is 0.00000162. The zero-order valence-corrected chi connectivity index (χ0v) is 10.9. The van der Waals surface area contributed by atoms with Crippen LogP contribution in [0.5, 0.6) is 0 Å². The first-order valence-corrected chi connectivity index (χ1v) is 6.26. The van der Waals surface area contributed by atoms with Gasteiger partial charge in [-0.05, 0) is 17.1 Å². The average molecular weight is 256 g/mol. The van der Waals surface area contributed by atoms with Crippen molar-refractivity contribution >= 4 is 5.57 Å². The average Bonchev–Trinajstić information content (AvgIpc) is 2.54. The minimum Gasteiger partial charge on any atom is -0.0776 e. The highest BCUT2D eigenvalue weighted by Crippen LogP contribution is 2.33. The van der Waals surface area contributed by atoms with Gasteiger partial charge in [-0.25, -0.2) is 0 Å². The highest BCUT2D eigenvalue weighted by atomic mass is 14.3. The first-order valence-electron chi connectivity index (χ1n) is 6.26. The van der Waals surface area contributed by atoms with Crippen LogP contribution in [0.2, 0.25) is 0 Å². The molecule has 1 unspecified atom stereocenters. The molecule has 1 aliphatic carbocycles. The molecule has 0 saturated carbocycles. The monoisotopic (exact) mass is 256 g/mol. The van der Waals surface area contributed by atoms with E-state index in [0.29, 0.717) is 5.92 Å². The van der Waals surface area contributed by atoms with Gasteiger partial charge < -0.3 is 0 Å².